The van der Waals surface area contributed by atoms with Crippen LogP contribution >= 0.6 is 0 Å². The number of alkyl carbamates (subject to hydrolysis) is 1. The zero-order valence-electron chi connectivity index (χ0n) is 9.78. The number of carbonyl (C=O) groups is 1. The van der Waals surface area contributed by atoms with Crippen LogP contribution in [0.15, 0.2) is 24.3 Å². The molecule has 2 rings (SSSR count). The van der Waals surface area contributed by atoms with Crippen LogP contribution in [0.5, 0.6) is 11.5 Å². The third kappa shape index (κ3) is 2.38. The molecule has 0 fully saturated rings. The van der Waals surface area contributed by atoms with Crippen molar-refractivity contribution in [3.63, 3.8) is 0 Å². The Bertz CT molecular complexity index is 464. The molecule has 1 amide bonds. The summed E-state index contributed by atoms with van der Waals surface area (Å²) in [4.78, 5) is 11.2. The molecule has 0 unspecified atom stereocenters. The van der Waals surface area contributed by atoms with Crippen molar-refractivity contribution in [3.8, 4) is 11.5 Å². The Morgan fingerprint density at radius 1 is 1.32 bits per heavy atom. The third-order valence-electron chi connectivity index (χ3n) is 2.27. The van der Waals surface area contributed by atoms with Gasteiger partial charge in [-0.25, -0.2) is 10.1 Å². The van der Waals surface area contributed by atoms with Crippen LogP contribution in [0.2, 0.25) is 0 Å². The first-order chi connectivity index (χ1) is 8.88. The maximum absolute atomic E-state index is 13.1. The van der Waals surface area contributed by atoms with Crippen molar-refractivity contribution < 1.29 is 32.2 Å². The highest BCUT2D eigenvalue weighted by molar-refractivity contribution is 5.68. The summed E-state index contributed by atoms with van der Waals surface area (Å²) in [5, 5.41) is 1.55. The van der Waals surface area contributed by atoms with Crippen LogP contribution in [-0.4, -0.2) is 24.8 Å². The van der Waals surface area contributed by atoms with E-state index in [4.69, 9.17) is 9.47 Å². The molecule has 1 N–H and O–H groups in total. The summed E-state index contributed by atoms with van der Waals surface area (Å²) in [6.07, 6.45) is -6.26. The second kappa shape index (κ2) is 4.52. The first-order valence-corrected chi connectivity index (χ1v) is 5.36. The molecule has 1 heterocycles. The van der Waals surface area contributed by atoms with E-state index in [0.29, 0.717) is 0 Å². The lowest BCUT2D eigenvalue weighted by molar-refractivity contribution is -0.318. The van der Waals surface area contributed by atoms with Crippen LogP contribution in [0, 0.1) is 0 Å². The number of ether oxygens (including phenoxy) is 3. The van der Waals surface area contributed by atoms with Crippen molar-refractivity contribution in [3.05, 3.63) is 24.3 Å². The lowest BCUT2D eigenvalue weighted by Gasteiger charge is -2.29. The Kier molecular flexibility index (Phi) is 3.17. The molecule has 1 aliphatic rings. The Balaban J connectivity index is 2.28. The summed E-state index contributed by atoms with van der Waals surface area (Å²) >= 11 is 0. The van der Waals surface area contributed by atoms with Gasteiger partial charge in [0.05, 0.1) is 6.61 Å². The smallest absolute Gasteiger partial charge is 0.450 e. The molecular weight excluding hydrogens is 267 g/mol. The number of hydrogen-bond acceptors (Lipinski definition) is 4. The largest absolute Gasteiger partial charge is 0.492 e. The van der Waals surface area contributed by atoms with Gasteiger partial charge in [-0.2, -0.15) is 13.2 Å². The predicted molar refractivity (Wildman–Crippen MR) is 56.6 cm³/mol. The number of fused-ring (bicyclic) bond motifs is 1. The fraction of sp³-hybridized carbons (Fsp3) is 0.364. The zero-order valence-corrected chi connectivity index (χ0v) is 9.78. The van der Waals surface area contributed by atoms with Crippen LogP contribution in [0.1, 0.15) is 6.92 Å². The summed E-state index contributed by atoms with van der Waals surface area (Å²) in [6.45, 7) is 1.39. The van der Waals surface area contributed by atoms with Crippen LogP contribution in [0.4, 0.5) is 18.0 Å². The lowest BCUT2D eigenvalue weighted by atomic mass is 10.3. The highest BCUT2D eigenvalue weighted by Crippen LogP contribution is 2.44. The van der Waals surface area contributed by atoms with Crippen LogP contribution in [-0.2, 0) is 4.74 Å². The van der Waals surface area contributed by atoms with Crippen LogP contribution < -0.4 is 14.8 Å². The van der Waals surface area contributed by atoms with E-state index in [1.807, 2.05) is 0 Å². The second-order valence-corrected chi connectivity index (χ2v) is 3.61. The summed E-state index contributed by atoms with van der Waals surface area (Å²) in [5.41, 5.74) is 0. The first kappa shape index (κ1) is 13.3. The number of rotatable bonds is 2. The molecule has 1 aromatic rings. The highest BCUT2D eigenvalue weighted by Gasteiger charge is 2.66. The van der Waals surface area contributed by atoms with Gasteiger partial charge in [-0.1, -0.05) is 12.1 Å². The zero-order chi connectivity index (χ0) is 14.1. The fourth-order valence-electron chi connectivity index (χ4n) is 1.49. The molecule has 5 nitrogen and oxygen atoms in total. The Labute approximate surface area is 106 Å². The second-order valence-electron chi connectivity index (χ2n) is 3.61. The molecule has 0 radical (unpaired) electrons. The number of hydrogen-bond donors (Lipinski definition) is 1. The van der Waals surface area contributed by atoms with E-state index in [2.05, 4.69) is 4.74 Å². The highest BCUT2D eigenvalue weighted by atomic mass is 19.4. The van der Waals surface area contributed by atoms with Gasteiger partial charge < -0.3 is 14.2 Å². The molecule has 0 atom stereocenters. The van der Waals surface area contributed by atoms with Crippen molar-refractivity contribution in [2.24, 2.45) is 0 Å². The number of para-hydroxylation sites is 2. The number of halogens is 3. The van der Waals surface area contributed by atoms with Gasteiger partial charge in [-0.05, 0) is 19.1 Å². The maximum Gasteiger partial charge on any atom is 0.492 e. The van der Waals surface area contributed by atoms with Gasteiger partial charge in [-0.3, -0.25) is 0 Å². The van der Waals surface area contributed by atoms with E-state index in [0.717, 1.165) is 0 Å². The molecule has 0 saturated carbocycles. The normalized spacial score (nSPS) is 16.0. The molecule has 0 aromatic heterocycles. The molecule has 1 aromatic carbocycles. The Morgan fingerprint density at radius 3 is 2.26 bits per heavy atom. The van der Waals surface area contributed by atoms with Gasteiger partial charge in [0, 0.05) is 0 Å². The first-order valence-electron chi connectivity index (χ1n) is 5.36. The number of benzene rings is 1. The summed E-state index contributed by atoms with van der Waals surface area (Å²) < 4.78 is 53.0. The van der Waals surface area contributed by atoms with E-state index < -0.39 is 18.2 Å². The average molecular weight is 277 g/mol. The van der Waals surface area contributed by atoms with Crippen molar-refractivity contribution >= 4 is 6.09 Å². The van der Waals surface area contributed by atoms with Gasteiger partial charge in [0.25, 0.3) is 0 Å². The minimum Gasteiger partial charge on any atom is -0.450 e. The third-order valence-corrected chi connectivity index (χ3v) is 2.27. The standard InChI is InChI=1S/C11H10F3NO4/c1-2-17-9(16)15-11(10(12,13)14)18-7-5-3-4-6-8(7)19-11/h3-6H,2H2,1H3,(H,15,16). The molecule has 0 spiro atoms. The molecule has 8 heteroatoms. The minimum absolute atomic E-state index is 0.0767. The molecule has 0 aliphatic carbocycles. The van der Waals surface area contributed by atoms with E-state index in [1.54, 1.807) is 5.32 Å². The van der Waals surface area contributed by atoms with Crippen LogP contribution in [0.3, 0.4) is 0 Å². The lowest BCUT2D eigenvalue weighted by Crippen LogP contribution is -2.64. The molecule has 19 heavy (non-hydrogen) atoms. The number of carbonyl (C=O) groups excluding carboxylic acids is 1. The molecule has 104 valence electrons. The van der Waals surface area contributed by atoms with E-state index in [9.17, 15) is 18.0 Å². The van der Waals surface area contributed by atoms with Gasteiger partial charge in [0.2, 0.25) is 0 Å². The number of amides is 1. The molecule has 1 aliphatic heterocycles. The van der Waals surface area contributed by atoms with Gasteiger partial charge in [0.15, 0.2) is 11.5 Å². The Hall–Kier alpha value is -2.12. The van der Waals surface area contributed by atoms with Crippen molar-refractivity contribution in [1.29, 1.82) is 0 Å². The number of alkyl halides is 3. The quantitative estimate of drug-likeness (QED) is 0.902. The number of nitrogens with one attached hydrogen (secondary N) is 1. The van der Waals surface area contributed by atoms with Crippen molar-refractivity contribution in [2.75, 3.05) is 6.61 Å². The molecule has 0 saturated heterocycles. The van der Waals surface area contributed by atoms with Crippen molar-refractivity contribution in [1.82, 2.24) is 5.32 Å². The van der Waals surface area contributed by atoms with Crippen molar-refractivity contribution in [2.45, 2.75) is 19.0 Å². The topological polar surface area (TPSA) is 56.8 Å². The SMILES string of the molecule is CCOC(=O)NC1(C(F)(F)F)Oc2ccccc2O1. The minimum atomic E-state index is -4.97. The van der Waals surface area contributed by atoms with Gasteiger partial charge >= 0.3 is 18.2 Å². The monoisotopic (exact) mass is 277 g/mol. The molecular formula is C11H10F3NO4. The average Bonchev–Trinajstić information content (AvgIpc) is 2.67. The fourth-order valence-corrected chi connectivity index (χ4v) is 1.49. The van der Waals surface area contributed by atoms with Gasteiger partial charge in [-0.15, -0.1) is 0 Å². The van der Waals surface area contributed by atoms with E-state index in [1.165, 1.54) is 31.2 Å². The van der Waals surface area contributed by atoms with Crippen LogP contribution in [0.25, 0.3) is 0 Å². The van der Waals surface area contributed by atoms with Gasteiger partial charge in [0.1, 0.15) is 0 Å². The maximum atomic E-state index is 13.1. The molecule has 0 bridgehead atoms. The summed E-state index contributed by atoms with van der Waals surface area (Å²) in [6, 6.07) is 5.57. The summed E-state index contributed by atoms with van der Waals surface area (Å²) in [5.74, 6) is -3.49. The predicted octanol–water partition coefficient (Wildman–Crippen LogP) is 2.42. The van der Waals surface area contributed by atoms with E-state index in [-0.39, 0.29) is 18.1 Å². The Morgan fingerprint density at radius 2 is 1.84 bits per heavy atom. The van der Waals surface area contributed by atoms with E-state index >= 15 is 0 Å². The summed E-state index contributed by atoms with van der Waals surface area (Å²) in [7, 11) is 0.